The van der Waals surface area contributed by atoms with Crippen molar-refractivity contribution in [3.8, 4) is 11.1 Å². The molecule has 2 aromatic heterocycles. The van der Waals surface area contributed by atoms with Gasteiger partial charge in [0.2, 0.25) is 5.91 Å². The van der Waals surface area contributed by atoms with Gasteiger partial charge in [-0.3, -0.25) is 18.9 Å². The maximum atomic E-state index is 15.1. The average Bonchev–Trinajstić information content (AvgIpc) is 3.43. The number of amides is 1. The summed E-state index contributed by atoms with van der Waals surface area (Å²) < 4.78 is 54.1. The smallest absolute Gasteiger partial charge is 0.379 e. The number of halogens is 3. The van der Waals surface area contributed by atoms with Crippen LogP contribution in [0.25, 0.3) is 32.9 Å². The molecule has 2 aromatic carbocycles. The minimum atomic E-state index is -4.70. The SMILES string of the molecule is C=CC(=O)N1CCN(c2nc(=O)n3c4c(c(-c5cccc6cnn(C)c56)c(C(F)(F)F)cc24)SCC3CN2CCOCC2)CC1. The number of aromatic nitrogens is 4. The van der Waals surface area contributed by atoms with Crippen molar-refractivity contribution in [1.82, 2.24) is 29.1 Å². The summed E-state index contributed by atoms with van der Waals surface area (Å²) in [4.78, 5) is 36.7. The lowest BCUT2D eigenvalue weighted by molar-refractivity contribution is -0.137. The van der Waals surface area contributed by atoms with Gasteiger partial charge in [0.1, 0.15) is 5.82 Å². The number of para-hydroxylation sites is 1. The summed E-state index contributed by atoms with van der Waals surface area (Å²) in [5.41, 5.74) is 0.223. The summed E-state index contributed by atoms with van der Waals surface area (Å²) in [7, 11) is 1.71. The van der Waals surface area contributed by atoms with Gasteiger partial charge in [0.05, 0.1) is 42.0 Å². The zero-order valence-corrected chi connectivity index (χ0v) is 25.5. The van der Waals surface area contributed by atoms with Crippen LogP contribution >= 0.6 is 11.8 Å². The van der Waals surface area contributed by atoms with Crippen molar-refractivity contribution in [2.75, 3.05) is 69.7 Å². The van der Waals surface area contributed by atoms with Gasteiger partial charge < -0.3 is 14.5 Å². The Morgan fingerprint density at radius 2 is 1.89 bits per heavy atom. The van der Waals surface area contributed by atoms with Crippen LogP contribution in [0.5, 0.6) is 0 Å². The highest BCUT2D eigenvalue weighted by molar-refractivity contribution is 7.99. The van der Waals surface area contributed by atoms with Crippen molar-refractivity contribution < 1.29 is 22.7 Å². The molecule has 5 heterocycles. The molecule has 0 aliphatic carbocycles. The van der Waals surface area contributed by atoms with E-state index in [0.29, 0.717) is 86.3 Å². The normalized spacial score (nSPS) is 19.4. The van der Waals surface area contributed by atoms with Crippen molar-refractivity contribution in [3.05, 3.63) is 59.2 Å². The number of anilines is 1. The molecule has 1 amide bonds. The molecule has 0 saturated carbocycles. The van der Waals surface area contributed by atoms with Gasteiger partial charge in [-0.2, -0.15) is 23.3 Å². The number of thioether (sulfide) groups is 1. The largest absolute Gasteiger partial charge is 0.417 e. The number of fused-ring (bicyclic) bond motifs is 1. The minimum absolute atomic E-state index is 0.0470. The first-order valence-electron chi connectivity index (χ1n) is 14.9. The van der Waals surface area contributed by atoms with Gasteiger partial charge in [-0.25, -0.2) is 4.79 Å². The highest BCUT2D eigenvalue weighted by Crippen LogP contribution is 2.51. The number of rotatable bonds is 5. The third-order valence-electron chi connectivity index (χ3n) is 8.90. The molecule has 236 valence electrons. The molecule has 1 atom stereocenters. The highest BCUT2D eigenvalue weighted by Gasteiger charge is 2.40. The summed E-state index contributed by atoms with van der Waals surface area (Å²) in [5.74, 6) is 0.412. The lowest BCUT2D eigenvalue weighted by Gasteiger charge is -2.38. The molecular formula is C31H32F3N7O3S. The maximum absolute atomic E-state index is 15.1. The third-order valence-corrected chi connectivity index (χ3v) is 10.1. The standard InChI is InChI=1S/C31H32F3N7O3S/c1-3-24(42)39-7-9-40(10-8-39)29-22-15-23(31(32,33)34)25(21-6-4-5-19-16-35-37(2)26(19)21)28-27(22)41(30(43)36-29)20(18-45-28)17-38-11-13-44-14-12-38/h3-6,15-16,20H,1,7-14,17-18H2,2H3. The Labute approximate surface area is 261 Å². The van der Waals surface area contributed by atoms with Gasteiger partial charge in [-0.05, 0) is 12.1 Å². The maximum Gasteiger partial charge on any atom is 0.417 e. The molecule has 45 heavy (non-hydrogen) atoms. The average molecular weight is 640 g/mol. The number of alkyl halides is 3. The second-order valence-electron chi connectivity index (χ2n) is 11.5. The molecule has 0 bridgehead atoms. The van der Waals surface area contributed by atoms with E-state index in [-0.39, 0.29) is 28.7 Å². The van der Waals surface area contributed by atoms with Crippen LogP contribution in [0.1, 0.15) is 11.6 Å². The van der Waals surface area contributed by atoms with E-state index >= 15 is 13.2 Å². The number of morpholine rings is 1. The molecule has 0 N–H and O–H groups in total. The zero-order valence-electron chi connectivity index (χ0n) is 24.7. The van der Waals surface area contributed by atoms with Crippen molar-refractivity contribution in [2.45, 2.75) is 17.1 Å². The van der Waals surface area contributed by atoms with Crippen LogP contribution in [0.4, 0.5) is 19.0 Å². The van der Waals surface area contributed by atoms with Gasteiger partial charge in [-0.15, -0.1) is 11.8 Å². The fourth-order valence-corrected chi connectivity index (χ4v) is 8.06. The van der Waals surface area contributed by atoms with Crippen LogP contribution in [-0.2, 0) is 22.8 Å². The molecule has 14 heteroatoms. The first-order chi connectivity index (χ1) is 21.7. The Hall–Kier alpha value is -3.88. The number of hydrogen-bond acceptors (Lipinski definition) is 8. The molecule has 2 saturated heterocycles. The summed E-state index contributed by atoms with van der Waals surface area (Å²) >= 11 is 1.36. The van der Waals surface area contributed by atoms with Crippen molar-refractivity contribution in [1.29, 1.82) is 0 Å². The highest BCUT2D eigenvalue weighted by atomic mass is 32.2. The Balaban J connectivity index is 1.48. The van der Waals surface area contributed by atoms with E-state index in [9.17, 15) is 9.59 Å². The number of aryl methyl sites for hydroxylation is 1. The number of piperazine rings is 1. The number of nitrogens with zero attached hydrogens (tertiary/aromatic N) is 7. The number of benzene rings is 2. The Morgan fingerprint density at radius 3 is 2.60 bits per heavy atom. The molecule has 4 aromatic rings. The van der Waals surface area contributed by atoms with Crippen molar-refractivity contribution in [2.24, 2.45) is 7.05 Å². The van der Waals surface area contributed by atoms with Crippen LogP contribution in [0.3, 0.4) is 0 Å². The quantitative estimate of drug-likeness (QED) is 0.305. The van der Waals surface area contributed by atoms with Gasteiger partial charge >= 0.3 is 11.9 Å². The molecule has 7 rings (SSSR count). The molecule has 0 radical (unpaired) electrons. The molecule has 2 fully saturated rings. The van der Waals surface area contributed by atoms with Crippen molar-refractivity contribution in [3.63, 3.8) is 0 Å². The van der Waals surface area contributed by atoms with Gasteiger partial charge in [0, 0.05) is 85.4 Å². The zero-order chi connectivity index (χ0) is 31.5. The second-order valence-corrected chi connectivity index (χ2v) is 12.5. The van der Waals surface area contributed by atoms with E-state index in [4.69, 9.17) is 4.74 Å². The summed E-state index contributed by atoms with van der Waals surface area (Å²) in [6.07, 6.45) is -1.81. The lowest BCUT2D eigenvalue weighted by atomic mass is 9.94. The van der Waals surface area contributed by atoms with Crippen LogP contribution < -0.4 is 10.6 Å². The summed E-state index contributed by atoms with van der Waals surface area (Å²) in [6, 6.07) is 6.13. The van der Waals surface area contributed by atoms with E-state index in [2.05, 4.69) is 21.6 Å². The molecule has 3 aliphatic rings. The fraction of sp³-hybridized carbons (Fsp3) is 0.419. The lowest BCUT2D eigenvalue weighted by Crippen LogP contribution is -2.49. The molecular weight excluding hydrogens is 607 g/mol. The predicted octanol–water partition coefficient (Wildman–Crippen LogP) is 3.78. The topological polar surface area (TPSA) is 88.7 Å². The van der Waals surface area contributed by atoms with E-state index in [1.54, 1.807) is 39.5 Å². The molecule has 3 aliphatic heterocycles. The fourth-order valence-electron chi connectivity index (χ4n) is 6.74. The first-order valence-corrected chi connectivity index (χ1v) is 15.8. The Kier molecular flexibility index (Phi) is 7.61. The van der Waals surface area contributed by atoms with Gasteiger partial charge in [0.15, 0.2) is 0 Å². The third kappa shape index (κ3) is 5.18. The number of hydrogen-bond donors (Lipinski definition) is 0. The van der Waals surface area contributed by atoms with Gasteiger partial charge in [0.25, 0.3) is 0 Å². The van der Waals surface area contributed by atoms with E-state index in [0.717, 1.165) is 5.39 Å². The Morgan fingerprint density at radius 1 is 1.13 bits per heavy atom. The second kappa shape index (κ2) is 11.5. The summed E-state index contributed by atoms with van der Waals surface area (Å²) in [5, 5.41) is 5.32. The molecule has 0 spiro atoms. The number of carbonyl (C=O) groups excluding carboxylic acids is 1. The van der Waals surface area contributed by atoms with Crippen molar-refractivity contribution >= 4 is 45.3 Å². The summed E-state index contributed by atoms with van der Waals surface area (Å²) in [6.45, 7) is 8.03. The minimum Gasteiger partial charge on any atom is -0.379 e. The van der Waals surface area contributed by atoms with Crippen LogP contribution in [-0.4, -0.2) is 99.8 Å². The van der Waals surface area contributed by atoms with E-state index in [1.165, 1.54) is 23.9 Å². The molecule has 10 nitrogen and oxygen atoms in total. The number of ether oxygens (including phenoxy) is 1. The van der Waals surface area contributed by atoms with E-state index in [1.807, 2.05) is 11.0 Å². The van der Waals surface area contributed by atoms with Gasteiger partial charge in [-0.1, -0.05) is 24.8 Å². The van der Waals surface area contributed by atoms with E-state index < -0.39 is 17.4 Å². The monoisotopic (exact) mass is 639 g/mol. The molecule has 1 unspecified atom stereocenters. The van der Waals surface area contributed by atoms with Crippen LogP contribution in [0.15, 0.2) is 52.8 Å². The Bertz CT molecular complexity index is 1870. The first kappa shape index (κ1) is 29.8. The predicted molar refractivity (Wildman–Crippen MR) is 167 cm³/mol. The van der Waals surface area contributed by atoms with Crippen LogP contribution in [0.2, 0.25) is 0 Å². The number of carbonyl (C=O) groups is 1. The van der Waals surface area contributed by atoms with Crippen LogP contribution in [0, 0.1) is 0 Å².